The first-order valence-electron chi connectivity index (χ1n) is 11.9. The van der Waals surface area contributed by atoms with E-state index in [2.05, 4.69) is 58.2 Å². The van der Waals surface area contributed by atoms with Gasteiger partial charge in [0.05, 0.1) is 18.5 Å². The summed E-state index contributed by atoms with van der Waals surface area (Å²) in [6, 6.07) is 20.5. The molecule has 0 spiro atoms. The predicted octanol–water partition coefficient (Wildman–Crippen LogP) is 6.13. The van der Waals surface area contributed by atoms with Crippen LogP contribution < -0.4 is 0 Å². The molecular formula is C29H31N3O3S. The van der Waals surface area contributed by atoms with Gasteiger partial charge in [0.1, 0.15) is 16.8 Å². The quantitative estimate of drug-likeness (QED) is 0.248. The van der Waals surface area contributed by atoms with Crippen molar-refractivity contribution in [3.8, 4) is 0 Å². The molecule has 0 saturated heterocycles. The van der Waals surface area contributed by atoms with Gasteiger partial charge in [0.15, 0.2) is 0 Å². The van der Waals surface area contributed by atoms with Gasteiger partial charge in [-0.3, -0.25) is 9.69 Å². The zero-order valence-electron chi connectivity index (χ0n) is 20.8. The highest BCUT2D eigenvalue weighted by Gasteiger charge is 2.28. The molecular weight excluding hydrogens is 470 g/mol. The van der Waals surface area contributed by atoms with E-state index in [1.807, 2.05) is 30.5 Å². The molecule has 0 bridgehead atoms. The number of aliphatic carboxylic acids is 1. The molecule has 0 atom stereocenters. The lowest BCUT2D eigenvalue weighted by atomic mass is 10.0. The minimum absolute atomic E-state index is 0.647. The summed E-state index contributed by atoms with van der Waals surface area (Å²) in [6.45, 7) is 7.55. The molecule has 0 unspecified atom stereocenters. The molecule has 2 aromatic carbocycles. The molecule has 36 heavy (non-hydrogen) atoms. The number of carbonyl (C=O) groups is 1. The van der Waals surface area contributed by atoms with Gasteiger partial charge in [0, 0.05) is 36.2 Å². The van der Waals surface area contributed by atoms with Crippen LogP contribution in [-0.2, 0) is 30.8 Å². The average molecular weight is 502 g/mol. The van der Waals surface area contributed by atoms with Gasteiger partial charge in [-0.2, -0.15) is 0 Å². The summed E-state index contributed by atoms with van der Waals surface area (Å²) in [5.41, 5.74) is 5.69. The Morgan fingerprint density at radius 1 is 1.03 bits per heavy atom. The highest BCUT2D eigenvalue weighted by Crippen LogP contribution is 2.33. The van der Waals surface area contributed by atoms with E-state index in [-0.39, 0.29) is 0 Å². The molecule has 0 radical (unpaired) electrons. The summed E-state index contributed by atoms with van der Waals surface area (Å²) < 4.78 is 4.76. The van der Waals surface area contributed by atoms with Gasteiger partial charge >= 0.3 is 5.97 Å². The van der Waals surface area contributed by atoms with Crippen LogP contribution in [0.15, 0.2) is 88.8 Å². The topological polar surface area (TPSA) is 79.5 Å². The molecule has 0 aliphatic carbocycles. The number of carboxylic acid groups (broad SMARTS) is 1. The molecule has 7 heteroatoms. The molecule has 1 N–H and O–H groups in total. The Bertz CT molecular complexity index is 1290. The summed E-state index contributed by atoms with van der Waals surface area (Å²) in [4.78, 5) is 23.6. The lowest BCUT2D eigenvalue weighted by Crippen LogP contribution is -2.26. The zero-order valence-corrected chi connectivity index (χ0v) is 21.7. The minimum Gasteiger partial charge on any atom is -0.480 e. The normalized spacial score (nSPS) is 11.7. The Hall–Kier alpha value is -3.42. The van der Waals surface area contributed by atoms with E-state index >= 15 is 0 Å². The Morgan fingerprint density at radius 2 is 1.83 bits per heavy atom. The van der Waals surface area contributed by atoms with E-state index in [4.69, 9.17) is 4.42 Å². The summed E-state index contributed by atoms with van der Waals surface area (Å²) >= 11 is 1.35. The van der Waals surface area contributed by atoms with Crippen LogP contribution in [0.2, 0.25) is 0 Å². The van der Waals surface area contributed by atoms with Crippen molar-refractivity contribution >= 4 is 17.7 Å². The van der Waals surface area contributed by atoms with Crippen molar-refractivity contribution < 1.29 is 14.3 Å². The van der Waals surface area contributed by atoms with Crippen LogP contribution in [-0.4, -0.2) is 30.7 Å². The Balaban J connectivity index is 1.52. The number of aryl methyl sites for hydroxylation is 1. The Morgan fingerprint density at radius 3 is 2.53 bits per heavy atom. The number of benzene rings is 2. The predicted molar refractivity (Wildman–Crippen MR) is 142 cm³/mol. The van der Waals surface area contributed by atoms with Gasteiger partial charge in [-0.05, 0) is 56.2 Å². The summed E-state index contributed by atoms with van der Waals surface area (Å²) in [5.74, 6) is 0.0650. The third-order valence-corrected chi connectivity index (χ3v) is 7.10. The fourth-order valence-electron chi connectivity index (χ4n) is 3.98. The van der Waals surface area contributed by atoms with E-state index in [1.165, 1.54) is 22.9 Å². The minimum atomic E-state index is -0.881. The highest BCUT2D eigenvalue weighted by molar-refractivity contribution is 8.01. The first-order valence-corrected chi connectivity index (χ1v) is 12.7. The fraction of sp³-hybridized carbons (Fsp3) is 0.276. The maximum atomic E-state index is 11.5. The molecule has 2 aromatic heterocycles. The van der Waals surface area contributed by atoms with Crippen molar-refractivity contribution in [3.05, 3.63) is 113 Å². The molecule has 0 aliphatic heterocycles. The molecule has 0 fully saturated rings. The van der Waals surface area contributed by atoms with Crippen molar-refractivity contribution in [2.75, 3.05) is 0 Å². The Labute approximate surface area is 216 Å². The summed E-state index contributed by atoms with van der Waals surface area (Å²) in [7, 11) is 0. The number of nitrogens with zero attached hydrogens (tertiary/aromatic N) is 3. The van der Waals surface area contributed by atoms with Crippen molar-refractivity contribution in [3.63, 3.8) is 0 Å². The van der Waals surface area contributed by atoms with Crippen LogP contribution in [0.4, 0.5) is 0 Å². The molecule has 186 valence electrons. The smallest absolute Gasteiger partial charge is 0.319 e. The van der Waals surface area contributed by atoms with Gasteiger partial charge in [0.25, 0.3) is 0 Å². The molecule has 0 amide bonds. The lowest BCUT2D eigenvalue weighted by Gasteiger charge is -2.23. The molecule has 6 nitrogen and oxygen atoms in total. The second-order valence-corrected chi connectivity index (χ2v) is 11.1. The van der Waals surface area contributed by atoms with Gasteiger partial charge in [-0.1, -0.05) is 42.0 Å². The number of rotatable bonds is 11. The average Bonchev–Trinajstić information content (AvgIpc) is 3.34. The van der Waals surface area contributed by atoms with Crippen molar-refractivity contribution in [1.29, 1.82) is 0 Å². The molecule has 0 aliphatic rings. The number of aromatic nitrogens is 2. The molecule has 0 saturated carbocycles. The maximum Gasteiger partial charge on any atom is 0.319 e. The van der Waals surface area contributed by atoms with Crippen molar-refractivity contribution in [2.45, 2.75) is 56.5 Å². The standard InChI is InChI=1S/C29H31N3O3S/c1-21-6-4-7-23(14-21)15-27-24(16-30-20-31-27)18-32(19-25-8-5-13-35-25)17-22-9-11-26(12-10-22)36-29(2,3)28(33)34/h4-14,16,20H,15,17-19H2,1-3H3,(H,33,34). The third-order valence-electron chi connectivity index (χ3n) is 5.91. The number of thioether (sulfide) groups is 1. The van der Waals surface area contributed by atoms with Crippen LogP contribution in [0.3, 0.4) is 0 Å². The van der Waals surface area contributed by atoms with Crippen LogP contribution in [0.5, 0.6) is 0 Å². The van der Waals surface area contributed by atoms with Gasteiger partial charge in [-0.15, -0.1) is 11.8 Å². The highest BCUT2D eigenvalue weighted by atomic mass is 32.2. The van der Waals surface area contributed by atoms with Crippen LogP contribution in [0.1, 0.15) is 47.6 Å². The van der Waals surface area contributed by atoms with E-state index in [0.717, 1.165) is 33.9 Å². The first kappa shape index (κ1) is 25.7. The van der Waals surface area contributed by atoms with E-state index < -0.39 is 10.7 Å². The SMILES string of the molecule is Cc1cccc(Cc2ncncc2CN(Cc2ccc(SC(C)(C)C(=O)O)cc2)Cc2ccco2)c1. The molecule has 4 aromatic rings. The van der Waals surface area contributed by atoms with E-state index in [9.17, 15) is 9.90 Å². The lowest BCUT2D eigenvalue weighted by molar-refractivity contribution is -0.138. The Kier molecular flexibility index (Phi) is 8.23. The number of hydrogen-bond acceptors (Lipinski definition) is 6. The number of hydrogen-bond donors (Lipinski definition) is 1. The molecule has 2 heterocycles. The summed E-state index contributed by atoms with van der Waals surface area (Å²) in [5, 5.41) is 9.42. The van der Waals surface area contributed by atoms with Gasteiger partial charge < -0.3 is 9.52 Å². The first-order chi connectivity index (χ1) is 17.3. The van der Waals surface area contributed by atoms with E-state index in [1.54, 1.807) is 26.4 Å². The van der Waals surface area contributed by atoms with Crippen LogP contribution >= 0.6 is 11.8 Å². The third kappa shape index (κ3) is 7.06. The second kappa shape index (κ2) is 11.5. The fourth-order valence-corrected chi connectivity index (χ4v) is 4.93. The monoisotopic (exact) mass is 501 g/mol. The zero-order chi connectivity index (χ0) is 25.5. The number of furan rings is 1. The van der Waals surface area contributed by atoms with E-state index in [0.29, 0.717) is 19.6 Å². The largest absolute Gasteiger partial charge is 0.480 e. The van der Waals surface area contributed by atoms with Gasteiger partial charge in [0.2, 0.25) is 0 Å². The van der Waals surface area contributed by atoms with Crippen molar-refractivity contribution in [1.82, 2.24) is 14.9 Å². The molecule has 4 rings (SSSR count). The summed E-state index contributed by atoms with van der Waals surface area (Å²) in [6.07, 6.45) is 5.96. The maximum absolute atomic E-state index is 11.5. The second-order valence-electron chi connectivity index (χ2n) is 9.45. The number of carboxylic acids is 1. The van der Waals surface area contributed by atoms with Gasteiger partial charge in [-0.25, -0.2) is 9.97 Å². The van der Waals surface area contributed by atoms with Crippen molar-refractivity contribution in [2.24, 2.45) is 0 Å². The van der Waals surface area contributed by atoms with Crippen LogP contribution in [0, 0.1) is 6.92 Å². The van der Waals surface area contributed by atoms with Crippen LogP contribution in [0.25, 0.3) is 0 Å².